The maximum atomic E-state index is 13.9. The van der Waals surface area contributed by atoms with E-state index in [0.29, 0.717) is 0 Å². The van der Waals surface area contributed by atoms with Crippen molar-refractivity contribution in [1.29, 1.82) is 0 Å². The van der Waals surface area contributed by atoms with E-state index in [1.807, 2.05) is 18.9 Å². The van der Waals surface area contributed by atoms with Gasteiger partial charge in [0, 0.05) is 19.1 Å². The number of hydrogen-bond acceptors (Lipinski definition) is 2. The van der Waals surface area contributed by atoms with Gasteiger partial charge in [-0.25, -0.2) is 4.39 Å². The van der Waals surface area contributed by atoms with E-state index in [-0.39, 0.29) is 17.5 Å². The summed E-state index contributed by atoms with van der Waals surface area (Å²) in [6.45, 7) is 3.31. The fourth-order valence-electron chi connectivity index (χ4n) is 2.66. The molecule has 0 aliphatic carbocycles. The molecule has 1 aliphatic heterocycles. The SMILES string of the molecule is CNCC1CCCCN1C(=O)c1ccc(C)cc1F. The minimum absolute atomic E-state index is 0.173. The third kappa shape index (κ3) is 3.13. The van der Waals surface area contributed by atoms with E-state index in [9.17, 15) is 9.18 Å². The fourth-order valence-corrected chi connectivity index (χ4v) is 2.66. The first-order valence-corrected chi connectivity index (χ1v) is 6.85. The lowest BCUT2D eigenvalue weighted by Gasteiger charge is -2.35. The highest BCUT2D eigenvalue weighted by atomic mass is 19.1. The van der Waals surface area contributed by atoms with Crippen LogP contribution in [-0.2, 0) is 0 Å². The molecule has 1 unspecified atom stereocenters. The average Bonchev–Trinajstić information content (AvgIpc) is 2.39. The average molecular weight is 264 g/mol. The summed E-state index contributed by atoms with van der Waals surface area (Å²) < 4.78 is 13.9. The number of nitrogens with zero attached hydrogens (tertiary/aromatic N) is 1. The molecule has 1 amide bonds. The molecule has 1 heterocycles. The van der Waals surface area contributed by atoms with Crippen LogP contribution >= 0.6 is 0 Å². The number of carbonyl (C=O) groups is 1. The predicted octanol–water partition coefficient (Wildman–Crippen LogP) is 2.35. The number of halogens is 1. The molecule has 0 spiro atoms. The van der Waals surface area contributed by atoms with Crippen LogP contribution in [0.2, 0.25) is 0 Å². The van der Waals surface area contributed by atoms with E-state index >= 15 is 0 Å². The van der Waals surface area contributed by atoms with Gasteiger partial charge in [0.15, 0.2) is 0 Å². The Hall–Kier alpha value is -1.42. The number of benzene rings is 1. The summed E-state index contributed by atoms with van der Waals surface area (Å²) in [6, 6.07) is 4.97. The van der Waals surface area contributed by atoms with Crippen molar-refractivity contribution >= 4 is 5.91 Å². The fraction of sp³-hybridized carbons (Fsp3) is 0.533. The van der Waals surface area contributed by atoms with Crippen molar-refractivity contribution in [3.05, 3.63) is 35.1 Å². The maximum Gasteiger partial charge on any atom is 0.257 e. The van der Waals surface area contributed by atoms with Crippen LogP contribution in [0, 0.1) is 12.7 Å². The van der Waals surface area contributed by atoms with Crippen LogP contribution in [0.4, 0.5) is 4.39 Å². The number of rotatable bonds is 3. The zero-order chi connectivity index (χ0) is 13.8. The Morgan fingerprint density at radius 3 is 2.95 bits per heavy atom. The van der Waals surface area contributed by atoms with E-state index in [0.717, 1.165) is 37.9 Å². The summed E-state index contributed by atoms with van der Waals surface area (Å²) >= 11 is 0. The van der Waals surface area contributed by atoms with Gasteiger partial charge in [0.25, 0.3) is 5.91 Å². The molecule has 104 valence electrons. The van der Waals surface area contributed by atoms with Crippen molar-refractivity contribution in [3.63, 3.8) is 0 Å². The molecule has 4 heteroatoms. The van der Waals surface area contributed by atoms with Crippen molar-refractivity contribution in [3.8, 4) is 0 Å². The van der Waals surface area contributed by atoms with Crippen molar-refractivity contribution in [2.75, 3.05) is 20.1 Å². The Bertz CT molecular complexity index is 459. The summed E-state index contributed by atoms with van der Waals surface area (Å²) in [5.74, 6) is -0.601. The lowest BCUT2D eigenvalue weighted by atomic mass is 10.00. The summed E-state index contributed by atoms with van der Waals surface area (Å²) in [5, 5.41) is 3.11. The van der Waals surface area contributed by atoms with Gasteiger partial charge >= 0.3 is 0 Å². The highest BCUT2D eigenvalue weighted by Crippen LogP contribution is 2.21. The van der Waals surface area contributed by atoms with Crippen LogP contribution in [0.5, 0.6) is 0 Å². The number of carbonyl (C=O) groups excluding carboxylic acids is 1. The molecule has 0 aromatic heterocycles. The third-order valence-electron chi connectivity index (χ3n) is 3.68. The largest absolute Gasteiger partial charge is 0.334 e. The van der Waals surface area contributed by atoms with Crippen molar-refractivity contribution in [2.24, 2.45) is 0 Å². The minimum atomic E-state index is -0.418. The van der Waals surface area contributed by atoms with E-state index < -0.39 is 5.82 Å². The van der Waals surface area contributed by atoms with Gasteiger partial charge in [0.1, 0.15) is 5.82 Å². The van der Waals surface area contributed by atoms with Crippen LogP contribution in [0.25, 0.3) is 0 Å². The van der Waals surface area contributed by atoms with Gasteiger partial charge in [0.2, 0.25) is 0 Å². The topological polar surface area (TPSA) is 32.3 Å². The van der Waals surface area contributed by atoms with Gasteiger partial charge in [-0.1, -0.05) is 6.07 Å². The number of likely N-dealkylation sites (tertiary alicyclic amines) is 1. The number of aryl methyl sites for hydroxylation is 1. The van der Waals surface area contributed by atoms with Crippen molar-refractivity contribution < 1.29 is 9.18 Å². The molecule has 1 N–H and O–H groups in total. The van der Waals surface area contributed by atoms with Crippen LogP contribution < -0.4 is 5.32 Å². The van der Waals surface area contributed by atoms with Crippen molar-refractivity contribution in [2.45, 2.75) is 32.2 Å². The van der Waals surface area contributed by atoms with Crippen LogP contribution in [-0.4, -0.2) is 37.0 Å². The van der Waals surface area contributed by atoms with Crippen LogP contribution in [0.15, 0.2) is 18.2 Å². The first kappa shape index (κ1) is 14.0. The second kappa shape index (κ2) is 6.15. The third-order valence-corrected chi connectivity index (χ3v) is 3.68. The van der Waals surface area contributed by atoms with Gasteiger partial charge in [-0.05, 0) is 50.9 Å². The maximum absolute atomic E-state index is 13.9. The van der Waals surface area contributed by atoms with Gasteiger partial charge in [-0.15, -0.1) is 0 Å². The lowest BCUT2D eigenvalue weighted by Crippen LogP contribution is -2.48. The zero-order valence-corrected chi connectivity index (χ0v) is 11.6. The number of piperidine rings is 1. The summed E-state index contributed by atoms with van der Waals surface area (Å²) in [7, 11) is 1.88. The second-order valence-electron chi connectivity index (χ2n) is 5.19. The molecule has 1 aromatic rings. The Morgan fingerprint density at radius 2 is 2.26 bits per heavy atom. The quantitative estimate of drug-likeness (QED) is 0.909. The zero-order valence-electron chi connectivity index (χ0n) is 11.6. The molecule has 1 atom stereocenters. The number of nitrogens with one attached hydrogen (secondary N) is 1. The Labute approximate surface area is 113 Å². The number of hydrogen-bond donors (Lipinski definition) is 1. The molecule has 1 aliphatic rings. The molecular formula is C15H21FN2O. The molecule has 1 saturated heterocycles. The molecule has 19 heavy (non-hydrogen) atoms. The van der Waals surface area contributed by atoms with Crippen molar-refractivity contribution in [1.82, 2.24) is 10.2 Å². The molecular weight excluding hydrogens is 243 g/mol. The monoisotopic (exact) mass is 264 g/mol. The van der Waals surface area contributed by atoms with E-state index in [1.165, 1.54) is 6.07 Å². The Morgan fingerprint density at radius 1 is 1.47 bits per heavy atom. The van der Waals surface area contributed by atoms with Gasteiger partial charge in [-0.2, -0.15) is 0 Å². The van der Waals surface area contributed by atoms with Crippen LogP contribution in [0.1, 0.15) is 35.2 Å². The molecule has 1 fully saturated rings. The second-order valence-corrected chi connectivity index (χ2v) is 5.19. The molecule has 1 aromatic carbocycles. The highest BCUT2D eigenvalue weighted by molar-refractivity contribution is 5.94. The smallest absolute Gasteiger partial charge is 0.257 e. The summed E-state index contributed by atoms with van der Waals surface area (Å²) in [5.41, 5.74) is 1.02. The number of amides is 1. The summed E-state index contributed by atoms with van der Waals surface area (Å²) in [6.07, 6.45) is 3.12. The van der Waals surface area contributed by atoms with Gasteiger partial charge in [-0.3, -0.25) is 4.79 Å². The minimum Gasteiger partial charge on any atom is -0.334 e. The van der Waals surface area contributed by atoms with E-state index in [4.69, 9.17) is 0 Å². The molecule has 0 radical (unpaired) electrons. The van der Waals surface area contributed by atoms with E-state index in [2.05, 4.69) is 5.32 Å². The van der Waals surface area contributed by atoms with E-state index in [1.54, 1.807) is 12.1 Å². The standard InChI is InChI=1S/C15H21FN2O/c1-11-6-7-13(14(16)9-11)15(19)18-8-4-3-5-12(18)10-17-2/h6-7,9,12,17H,3-5,8,10H2,1-2H3. The Kier molecular flexibility index (Phi) is 4.53. The first-order chi connectivity index (χ1) is 9.13. The van der Waals surface area contributed by atoms with Gasteiger partial charge in [0.05, 0.1) is 5.56 Å². The molecule has 3 nitrogen and oxygen atoms in total. The highest BCUT2D eigenvalue weighted by Gasteiger charge is 2.28. The molecule has 0 bridgehead atoms. The normalized spacial score (nSPS) is 19.5. The first-order valence-electron chi connectivity index (χ1n) is 6.85. The molecule has 0 saturated carbocycles. The predicted molar refractivity (Wildman–Crippen MR) is 73.7 cm³/mol. The molecule has 2 rings (SSSR count). The van der Waals surface area contributed by atoms with Crippen LogP contribution in [0.3, 0.4) is 0 Å². The van der Waals surface area contributed by atoms with Gasteiger partial charge < -0.3 is 10.2 Å². The lowest BCUT2D eigenvalue weighted by molar-refractivity contribution is 0.0610. The summed E-state index contributed by atoms with van der Waals surface area (Å²) in [4.78, 5) is 14.3. The number of likely N-dealkylation sites (N-methyl/N-ethyl adjacent to an activating group) is 1. The Balaban J connectivity index is 2.21.